The van der Waals surface area contributed by atoms with Crippen molar-refractivity contribution < 1.29 is 4.92 Å². The van der Waals surface area contributed by atoms with Crippen molar-refractivity contribution >= 4 is 0 Å². The lowest BCUT2D eigenvalue weighted by atomic mass is 10.1. The molecule has 4 heteroatoms. The van der Waals surface area contributed by atoms with E-state index in [1.54, 1.807) is 11.0 Å². The Balaban J connectivity index is 2.90. The van der Waals surface area contributed by atoms with Crippen LogP contribution in [-0.2, 0) is 0 Å². The Hall–Kier alpha value is -1.32. The summed E-state index contributed by atoms with van der Waals surface area (Å²) in [6.45, 7) is 0. The van der Waals surface area contributed by atoms with Crippen molar-refractivity contribution in [3.63, 3.8) is 0 Å². The van der Waals surface area contributed by atoms with Gasteiger partial charge in [-0.2, -0.15) is 0 Å². The van der Waals surface area contributed by atoms with Crippen LogP contribution in [0.4, 0.5) is 0 Å². The SMILES string of the molecule is CN(C)C1=CCCC=C1[N+](=O)[O-]. The molecule has 0 saturated heterocycles. The van der Waals surface area contributed by atoms with Crippen LogP contribution in [0, 0.1) is 10.1 Å². The monoisotopic (exact) mass is 168 g/mol. The maximum absolute atomic E-state index is 10.5. The van der Waals surface area contributed by atoms with E-state index in [9.17, 15) is 10.1 Å². The molecule has 0 fully saturated rings. The molecule has 0 aliphatic heterocycles. The van der Waals surface area contributed by atoms with Gasteiger partial charge in [0.05, 0.1) is 4.92 Å². The molecule has 1 aliphatic carbocycles. The molecule has 0 N–H and O–H groups in total. The molecule has 12 heavy (non-hydrogen) atoms. The van der Waals surface area contributed by atoms with Gasteiger partial charge < -0.3 is 4.90 Å². The fraction of sp³-hybridized carbons (Fsp3) is 0.500. The summed E-state index contributed by atoms with van der Waals surface area (Å²) in [6.07, 6.45) is 5.24. The van der Waals surface area contributed by atoms with Crippen LogP contribution in [-0.4, -0.2) is 23.9 Å². The van der Waals surface area contributed by atoms with Crippen molar-refractivity contribution in [2.45, 2.75) is 12.8 Å². The molecule has 1 rings (SSSR count). The number of nitrogens with zero attached hydrogens (tertiary/aromatic N) is 2. The Morgan fingerprint density at radius 1 is 1.42 bits per heavy atom. The van der Waals surface area contributed by atoms with E-state index in [0.29, 0.717) is 5.70 Å². The molecule has 0 aromatic carbocycles. The Morgan fingerprint density at radius 2 is 2.00 bits per heavy atom. The summed E-state index contributed by atoms with van der Waals surface area (Å²) in [4.78, 5) is 12.0. The van der Waals surface area contributed by atoms with E-state index in [2.05, 4.69) is 0 Å². The zero-order valence-electron chi connectivity index (χ0n) is 7.28. The second-order valence-electron chi connectivity index (χ2n) is 2.91. The summed E-state index contributed by atoms with van der Waals surface area (Å²) >= 11 is 0. The fourth-order valence-electron chi connectivity index (χ4n) is 1.23. The molecule has 0 unspecified atom stereocenters. The van der Waals surface area contributed by atoms with Crippen LogP contribution in [0.5, 0.6) is 0 Å². The molecule has 0 amide bonds. The molecule has 0 spiro atoms. The minimum absolute atomic E-state index is 0.228. The van der Waals surface area contributed by atoms with E-state index in [-0.39, 0.29) is 10.6 Å². The maximum Gasteiger partial charge on any atom is 0.288 e. The summed E-state index contributed by atoms with van der Waals surface area (Å²) in [5.41, 5.74) is 0.942. The average Bonchev–Trinajstić information content (AvgIpc) is 2.04. The number of hydrogen-bond acceptors (Lipinski definition) is 3. The second-order valence-corrected chi connectivity index (χ2v) is 2.91. The highest BCUT2D eigenvalue weighted by Gasteiger charge is 2.20. The van der Waals surface area contributed by atoms with E-state index >= 15 is 0 Å². The number of hydrogen-bond donors (Lipinski definition) is 0. The van der Waals surface area contributed by atoms with E-state index < -0.39 is 0 Å². The largest absolute Gasteiger partial charge is 0.372 e. The van der Waals surface area contributed by atoms with Gasteiger partial charge in [0.25, 0.3) is 5.70 Å². The fourth-order valence-corrected chi connectivity index (χ4v) is 1.23. The predicted molar refractivity (Wildman–Crippen MR) is 46.1 cm³/mol. The summed E-state index contributed by atoms with van der Waals surface area (Å²) in [5.74, 6) is 0. The minimum atomic E-state index is -0.328. The maximum atomic E-state index is 10.5. The van der Waals surface area contributed by atoms with Crippen LogP contribution >= 0.6 is 0 Å². The summed E-state index contributed by atoms with van der Waals surface area (Å²) in [6, 6.07) is 0. The smallest absolute Gasteiger partial charge is 0.288 e. The lowest BCUT2D eigenvalue weighted by Gasteiger charge is -2.16. The van der Waals surface area contributed by atoms with Crippen molar-refractivity contribution in [3.8, 4) is 0 Å². The van der Waals surface area contributed by atoms with Crippen molar-refractivity contribution in [2.24, 2.45) is 0 Å². The third kappa shape index (κ3) is 1.64. The highest BCUT2D eigenvalue weighted by Crippen LogP contribution is 2.20. The topological polar surface area (TPSA) is 46.4 Å². The van der Waals surface area contributed by atoms with Gasteiger partial charge in [-0.15, -0.1) is 0 Å². The van der Waals surface area contributed by atoms with Crippen LogP contribution in [0.3, 0.4) is 0 Å². The molecule has 0 heterocycles. The van der Waals surface area contributed by atoms with Gasteiger partial charge in [-0.05, 0) is 18.9 Å². The first kappa shape index (κ1) is 8.77. The van der Waals surface area contributed by atoms with E-state index in [1.165, 1.54) is 0 Å². The summed E-state index contributed by atoms with van der Waals surface area (Å²) in [7, 11) is 3.63. The number of likely N-dealkylation sites (N-methyl/N-ethyl adjacent to an activating group) is 1. The van der Waals surface area contributed by atoms with Gasteiger partial charge in [0.15, 0.2) is 0 Å². The molecular formula is C8H12N2O2. The molecule has 0 saturated carbocycles. The first-order chi connectivity index (χ1) is 5.63. The third-order valence-corrected chi connectivity index (χ3v) is 1.78. The van der Waals surface area contributed by atoms with Gasteiger partial charge in [-0.1, -0.05) is 6.08 Å². The lowest BCUT2D eigenvalue weighted by molar-refractivity contribution is -0.423. The van der Waals surface area contributed by atoms with Crippen LogP contribution in [0.2, 0.25) is 0 Å². The molecule has 0 radical (unpaired) electrons. The highest BCUT2D eigenvalue weighted by atomic mass is 16.6. The second kappa shape index (κ2) is 3.38. The molecule has 0 aromatic rings. The molecule has 0 aromatic heterocycles. The van der Waals surface area contributed by atoms with Gasteiger partial charge in [0.2, 0.25) is 0 Å². The zero-order chi connectivity index (χ0) is 9.14. The Labute approximate surface area is 71.3 Å². The van der Waals surface area contributed by atoms with E-state index in [1.807, 2.05) is 20.2 Å². The van der Waals surface area contributed by atoms with E-state index in [0.717, 1.165) is 12.8 Å². The minimum Gasteiger partial charge on any atom is -0.372 e. The van der Waals surface area contributed by atoms with Crippen LogP contribution in [0.15, 0.2) is 23.5 Å². The number of rotatable bonds is 2. The molecule has 1 aliphatic rings. The molecule has 4 nitrogen and oxygen atoms in total. The average molecular weight is 168 g/mol. The predicted octanol–water partition coefficient (Wildman–Crippen LogP) is 1.39. The van der Waals surface area contributed by atoms with Crippen molar-refractivity contribution in [1.82, 2.24) is 4.90 Å². The van der Waals surface area contributed by atoms with Crippen LogP contribution in [0.1, 0.15) is 12.8 Å². The molecule has 0 bridgehead atoms. The number of allylic oxidation sites excluding steroid dienone is 2. The molecule has 0 atom stereocenters. The van der Waals surface area contributed by atoms with Crippen molar-refractivity contribution in [1.29, 1.82) is 0 Å². The Kier molecular flexibility index (Phi) is 2.47. The molecule has 66 valence electrons. The molecular weight excluding hydrogens is 156 g/mol. The van der Waals surface area contributed by atoms with Gasteiger partial charge in [0.1, 0.15) is 5.70 Å². The van der Waals surface area contributed by atoms with Gasteiger partial charge in [-0.25, -0.2) is 0 Å². The van der Waals surface area contributed by atoms with Gasteiger partial charge in [-0.3, -0.25) is 10.1 Å². The Morgan fingerprint density at radius 3 is 2.42 bits per heavy atom. The normalized spacial score (nSPS) is 16.5. The highest BCUT2D eigenvalue weighted by molar-refractivity contribution is 5.26. The third-order valence-electron chi connectivity index (χ3n) is 1.78. The van der Waals surface area contributed by atoms with Crippen LogP contribution in [0.25, 0.3) is 0 Å². The lowest BCUT2D eigenvalue weighted by Crippen LogP contribution is -2.18. The van der Waals surface area contributed by atoms with E-state index in [4.69, 9.17) is 0 Å². The Bertz CT molecular complexity index is 254. The standard InChI is InChI=1S/C8H12N2O2/c1-9(2)7-5-3-4-6-8(7)10(11)12/h5-6H,3-4H2,1-2H3. The zero-order valence-corrected chi connectivity index (χ0v) is 7.28. The van der Waals surface area contributed by atoms with Crippen molar-refractivity contribution in [3.05, 3.63) is 33.7 Å². The van der Waals surface area contributed by atoms with Gasteiger partial charge >= 0.3 is 0 Å². The van der Waals surface area contributed by atoms with Crippen LogP contribution < -0.4 is 0 Å². The summed E-state index contributed by atoms with van der Waals surface area (Å²) < 4.78 is 0. The number of nitro groups is 1. The van der Waals surface area contributed by atoms with Crippen molar-refractivity contribution in [2.75, 3.05) is 14.1 Å². The quantitative estimate of drug-likeness (QED) is 0.462. The summed E-state index contributed by atoms with van der Waals surface area (Å²) in [5, 5.41) is 10.5. The first-order valence-corrected chi connectivity index (χ1v) is 3.85. The van der Waals surface area contributed by atoms with Gasteiger partial charge in [0, 0.05) is 14.1 Å². The first-order valence-electron chi connectivity index (χ1n) is 3.85.